The van der Waals surface area contributed by atoms with Crippen LogP contribution >= 0.6 is 0 Å². The van der Waals surface area contributed by atoms with E-state index in [1.807, 2.05) is 0 Å². The highest BCUT2D eigenvalue weighted by atomic mass is 16.3. The molecule has 0 spiro atoms. The van der Waals surface area contributed by atoms with E-state index in [-0.39, 0.29) is 19.4 Å². The monoisotopic (exact) mass is 994 g/mol. The van der Waals surface area contributed by atoms with Crippen LogP contribution in [-0.2, 0) is 52.7 Å². The number of carbonyl (C=O) groups excluding carboxylic acids is 11. The summed E-state index contributed by atoms with van der Waals surface area (Å²) in [7, 11) is 7.80. The summed E-state index contributed by atoms with van der Waals surface area (Å²) in [5.41, 5.74) is 0. The van der Waals surface area contributed by atoms with Crippen molar-refractivity contribution in [3.63, 3.8) is 0 Å². The Morgan fingerprint density at radius 3 is 1.30 bits per heavy atom. The first-order valence-electron chi connectivity index (χ1n) is 23.3. The first-order valence-corrected chi connectivity index (χ1v) is 23.3. The fourth-order valence-electron chi connectivity index (χ4n) is 7.20. The van der Waals surface area contributed by atoms with Gasteiger partial charge in [0, 0.05) is 55.3 Å². The van der Waals surface area contributed by atoms with Gasteiger partial charge in [-0.05, 0) is 81.6 Å². The number of hydrogen-bond donors (Lipinski definition) is 7. The molecule has 0 aromatic carbocycles. The van der Waals surface area contributed by atoms with Gasteiger partial charge in [-0.1, -0.05) is 19.1 Å². The van der Waals surface area contributed by atoms with Crippen LogP contribution in [0, 0.1) is 5.92 Å². The van der Waals surface area contributed by atoms with Crippen LogP contribution in [0.2, 0.25) is 0 Å². The largest absolute Gasteiger partial charge is 0.391 e. The highest BCUT2D eigenvalue weighted by Crippen LogP contribution is 2.19. The molecule has 1 fully saturated rings. The molecule has 1 aliphatic rings. The second-order valence-corrected chi connectivity index (χ2v) is 18.4. The summed E-state index contributed by atoms with van der Waals surface area (Å²) < 4.78 is 0. The van der Waals surface area contributed by atoms with Gasteiger partial charge in [-0.25, -0.2) is 0 Å². The Morgan fingerprint density at radius 2 is 0.886 bits per heavy atom. The van der Waals surface area contributed by atoms with Crippen LogP contribution in [0.15, 0.2) is 12.2 Å². The highest BCUT2D eigenvalue weighted by Gasteiger charge is 2.42. The number of rotatable bonds is 5. The number of allylic oxidation sites excluding steroid dienone is 2. The maximum atomic E-state index is 14.2. The number of nitrogens with zero attached hydrogens (tertiary/aromatic N) is 6. The van der Waals surface area contributed by atoms with Crippen molar-refractivity contribution in [3.8, 4) is 0 Å². The third-order valence-electron chi connectivity index (χ3n) is 13.0. The third-order valence-corrected chi connectivity index (χ3v) is 13.0. The number of likely N-dealkylation sites (N-methyl/N-ethyl adjacent to an activating group) is 6. The number of amides is 11. The van der Waals surface area contributed by atoms with Crippen molar-refractivity contribution in [2.45, 2.75) is 162 Å². The summed E-state index contributed by atoms with van der Waals surface area (Å²) in [6, 6.07) is -12.9. The molecule has 0 radical (unpaired) electrons. The lowest BCUT2D eigenvalue weighted by Crippen LogP contribution is -2.63. The Morgan fingerprint density at radius 1 is 0.500 bits per heavy atom. The van der Waals surface area contributed by atoms with Crippen molar-refractivity contribution in [3.05, 3.63) is 12.2 Å². The predicted molar refractivity (Wildman–Crippen MR) is 256 cm³/mol. The molecular weight excluding hydrogens is 915 g/mol. The van der Waals surface area contributed by atoms with E-state index >= 15 is 0 Å². The molecule has 1 rings (SSSR count). The number of nitrogens with one attached hydrogen (secondary N) is 5. The van der Waals surface area contributed by atoms with Gasteiger partial charge in [0.1, 0.15) is 60.4 Å². The molecule has 0 aromatic rings. The maximum absolute atomic E-state index is 14.2. The lowest BCUT2D eigenvalue weighted by molar-refractivity contribution is -0.152. The number of hydrogen-bond acceptors (Lipinski definition) is 13. The van der Waals surface area contributed by atoms with Gasteiger partial charge in [-0.2, -0.15) is 0 Å². The van der Waals surface area contributed by atoms with Crippen LogP contribution in [0.3, 0.4) is 0 Å². The van der Waals surface area contributed by atoms with Gasteiger partial charge in [0.05, 0.1) is 12.2 Å². The zero-order valence-electron chi connectivity index (χ0n) is 43.9. The van der Waals surface area contributed by atoms with Gasteiger partial charge in [0.25, 0.3) is 0 Å². The van der Waals surface area contributed by atoms with E-state index in [2.05, 4.69) is 26.6 Å². The van der Waals surface area contributed by atoms with Crippen molar-refractivity contribution in [1.82, 2.24) is 56.0 Å². The Balaban J connectivity index is 3.71. The van der Waals surface area contributed by atoms with Crippen molar-refractivity contribution >= 4 is 65.0 Å². The molecule has 11 amide bonds. The van der Waals surface area contributed by atoms with Gasteiger partial charge in [0.2, 0.25) is 65.0 Å². The molecule has 7 N–H and O–H groups in total. The van der Waals surface area contributed by atoms with Gasteiger partial charge in [-0.3, -0.25) is 52.7 Å². The van der Waals surface area contributed by atoms with Gasteiger partial charge < -0.3 is 66.2 Å². The minimum Gasteiger partial charge on any atom is -0.391 e. The summed E-state index contributed by atoms with van der Waals surface area (Å²) in [6.07, 6.45) is 0.364. The van der Waals surface area contributed by atoms with Crippen molar-refractivity contribution in [2.75, 3.05) is 48.8 Å². The Hall–Kier alpha value is -6.17. The van der Waals surface area contributed by atoms with Crippen molar-refractivity contribution in [1.29, 1.82) is 0 Å². The second-order valence-electron chi connectivity index (χ2n) is 18.4. The SMILES string of the molecule is C/C=C/CC(C)C(O)C1C(=O)NC(C(C)O)C(=O)N(C)CCC(=O)N(C)[C@@H](C)C(=O)NC(C)C(=O)N(C)C(C)C(=O)NC(C)C(=O)NC(C)C(=O)N(C)C(C)C(=O)NC(C)C(=O)N(C)C(C)C(=O)N1C. The van der Waals surface area contributed by atoms with Crippen LogP contribution < -0.4 is 26.6 Å². The molecule has 0 bridgehead atoms. The summed E-state index contributed by atoms with van der Waals surface area (Å²) in [6.45, 7) is 15.4. The van der Waals surface area contributed by atoms with Crippen LogP contribution in [0.1, 0.15) is 89.0 Å². The van der Waals surface area contributed by atoms with Gasteiger partial charge in [0.15, 0.2) is 0 Å². The van der Waals surface area contributed by atoms with Crippen LogP contribution in [0.5, 0.6) is 0 Å². The minimum atomic E-state index is -1.68. The highest BCUT2D eigenvalue weighted by molar-refractivity contribution is 5.98. The normalized spacial score (nSPS) is 30.1. The molecule has 396 valence electrons. The summed E-state index contributed by atoms with van der Waals surface area (Å²) >= 11 is 0. The number of aliphatic hydroxyl groups excluding tert-OH is 2. The molecule has 0 saturated carbocycles. The maximum Gasteiger partial charge on any atom is 0.247 e. The Bertz CT molecular complexity index is 1970. The molecule has 0 aromatic heterocycles. The van der Waals surface area contributed by atoms with E-state index in [0.29, 0.717) is 0 Å². The fourth-order valence-corrected chi connectivity index (χ4v) is 7.20. The quantitative estimate of drug-likeness (QED) is 0.135. The van der Waals surface area contributed by atoms with E-state index < -0.39 is 144 Å². The Kier molecular flexibility index (Phi) is 24.1. The smallest absolute Gasteiger partial charge is 0.247 e. The van der Waals surface area contributed by atoms with Crippen LogP contribution in [0.25, 0.3) is 0 Å². The molecular formula is C46H79N11O13. The number of aliphatic hydroxyl groups is 2. The van der Waals surface area contributed by atoms with E-state index in [1.165, 1.54) is 105 Å². The predicted octanol–water partition coefficient (Wildman–Crippen LogP) is -3.09. The van der Waals surface area contributed by atoms with Gasteiger partial charge in [-0.15, -0.1) is 0 Å². The molecule has 13 atom stereocenters. The first kappa shape index (κ1) is 61.8. The minimum absolute atomic E-state index is 0.246. The van der Waals surface area contributed by atoms with E-state index in [4.69, 9.17) is 0 Å². The third kappa shape index (κ3) is 16.2. The number of carbonyl (C=O) groups is 11. The van der Waals surface area contributed by atoms with Crippen molar-refractivity contribution in [2.24, 2.45) is 5.92 Å². The molecule has 70 heavy (non-hydrogen) atoms. The summed E-state index contributed by atoms with van der Waals surface area (Å²) in [4.78, 5) is 155. The first-order chi connectivity index (χ1) is 32.3. The lowest BCUT2D eigenvalue weighted by atomic mass is 9.92. The van der Waals surface area contributed by atoms with Crippen molar-refractivity contribution < 1.29 is 63.0 Å². The summed E-state index contributed by atoms with van der Waals surface area (Å²) in [5, 5.41) is 34.9. The standard InChI is InChI=1S/C46H79N11O13/c1-18-19-20-23(2)36(60)35-41(65)51-34(32(11)58)46(70)52(12)22-21-33(59)53(13)28(7)38(62)49-26(5)43(67)54(14)29(8)39(63)47-24(3)37(61)48-25(4)42(66)55(15)30(9)40(64)50-27(6)44(68)56(16)31(10)45(69)57(35)17/h18-19,23-32,34-36,58,60H,20-22H2,1-17H3,(H,47,63)(H,48,61)(H,49,62)(H,50,64)(H,51,65)/b19-18+/t23?,24?,25?,26?,27?,28-,29?,30?,31?,32?,34?,35?,36?/m0/s1. The average Bonchev–Trinajstić information content (AvgIpc) is 3.32. The molecule has 1 saturated heterocycles. The van der Waals surface area contributed by atoms with Crippen LogP contribution in [-0.4, -0.2) is 226 Å². The summed E-state index contributed by atoms with van der Waals surface area (Å²) in [5.74, 6) is -9.05. The van der Waals surface area contributed by atoms with Gasteiger partial charge >= 0.3 is 0 Å². The zero-order valence-corrected chi connectivity index (χ0v) is 43.9. The molecule has 0 aliphatic carbocycles. The molecule has 12 unspecified atom stereocenters. The second kappa shape index (κ2) is 27.3. The van der Waals surface area contributed by atoms with E-state index in [9.17, 15) is 63.0 Å². The zero-order chi connectivity index (χ0) is 54.4. The Labute approximate surface area is 411 Å². The topological polar surface area (TPSA) is 308 Å². The van der Waals surface area contributed by atoms with Crippen LogP contribution in [0.4, 0.5) is 0 Å². The van der Waals surface area contributed by atoms with E-state index in [0.717, 1.165) is 29.4 Å². The molecule has 1 aliphatic heterocycles. The lowest BCUT2D eigenvalue weighted by Gasteiger charge is -2.38. The molecule has 24 nitrogen and oxygen atoms in total. The van der Waals surface area contributed by atoms with E-state index in [1.54, 1.807) is 26.0 Å². The average molecular weight is 994 g/mol. The molecule has 24 heteroatoms. The molecule has 1 heterocycles. The fraction of sp³-hybridized carbons (Fsp3) is 0.717.